The summed E-state index contributed by atoms with van der Waals surface area (Å²) in [6.45, 7) is 12.3. The van der Waals surface area contributed by atoms with Crippen LogP contribution < -0.4 is 0 Å². The van der Waals surface area contributed by atoms with E-state index in [1.54, 1.807) is 0 Å². The van der Waals surface area contributed by atoms with Crippen LogP contribution in [0.1, 0.15) is 41.5 Å². The van der Waals surface area contributed by atoms with Gasteiger partial charge in [0.15, 0.2) is 4.78 Å². The van der Waals surface area contributed by atoms with Crippen LogP contribution in [0.5, 0.6) is 0 Å². The first kappa shape index (κ1) is 12.0. The molecule has 68 valence electrons. The summed E-state index contributed by atoms with van der Waals surface area (Å²) >= 11 is 2.14. The summed E-state index contributed by atoms with van der Waals surface area (Å²) in [6, 6.07) is 0. The van der Waals surface area contributed by atoms with Crippen LogP contribution in [0.4, 0.5) is 0 Å². The maximum absolute atomic E-state index is 12.2. The van der Waals surface area contributed by atoms with E-state index in [0.717, 1.165) is 0 Å². The minimum atomic E-state index is -2.09. The average Bonchev–Trinajstić information content (AvgIpc) is 1.58. The van der Waals surface area contributed by atoms with Gasteiger partial charge in [0.25, 0.3) is 0 Å². The lowest BCUT2D eigenvalue weighted by Crippen LogP contribution is -2.24. The Morgan fingerprint density at radius 3 is 1.09 bits per heavy atom. The van der Waals surface area contributed by atoms with Gasteiger partial charge in [0.05, 0.1) is 0 Å². The molecule has 0 aliphatic heterocycles. The number of hydrogen-bond acceptors (Lipinski definition) is 1. The molecule has 0 amide bonds. The molecule has 3 heteroatoms. The van der Waals surface area contributed by atoms with Crippen molar-refractivity contribution in [1.82, 2.24) is 0 Å². The SMILES string of the molecule is CC(C)(C)P(=O)(I)C(C)(C)C. The molecule has 0 aliphatic carbocycles. The van der Waals surface area contributed by atoms with Gasteiger partial charge in [-0.25, -0.2) is 0 Å². The van der Waals surface area contributed by atoms with Crippen molar-refractivity contribution in [1.29, 1.82) is 0 Å². The molecule has 0 rings (SSSR count). The van der Waals surface area contributed by atoms with Crippen molar-refractivity contribution in [3.05, 3.63) is 0 Å². The highest BCUT2D eigenvalue weighted by molar-refractivity contribution is 14.2. The van der Waals surface area contributed by atoms with E-state index in [2.05, 4.69) is 22.0 Å². The summed E-state index contributed by atoms with van der Waals surface area (Å²) in [6.07, 6.45) is 0. The third kappa shape index (κ3) is 2.45. The van der Waals surface area contributed by atoms with Gasteiger partial charge in [-0.3, -0.25) is 0 Å². The molecule has 0 spiro atoms. The molecular weight excluding hydrogens is 270 g/mol. The highest BCUT2D eigenvalue weighted by Gasteiger charge is 2.43. The van der Waals surface area contributed by atoms with Crippen molar-refractivity contribution in [3.63, 3.8) is 0 Å². The van der Waals surface area contributed by atoms with Gasteiger partial charge in [-0.05, 0) is 22.0 Å². The Balaban J connectivity index is 4.92. The van der Waals surface area contributed by atoms with Crippen molar-refractivity contribution < 1.29 is 4.57 Å². The van der Waals surface area contributed by atoms with E-state index < -0.39 is 4.78 Å². The van der Waals surface area contributed by atoms with Crippen LogP contribution >= 0.6 is 26.8 Å². The Morgan fingerprint density at radius 1 is 0.909 bits per heavy atom. The maximum Gasteiger partial charge on any atom is 0.153 e. The molecular formula is C8H18IOP. The fraction of sp³-hybridized carbons (Fsp3) is 1.00. The summed E-state index contributed by atoms with van der Waals surface area (Å²) in [5.74, 6) is 0. The van der Waals surface area contributed by atoms with Crippen molar-refractivity contribution in [2.75, 3.05) is 0 Å². The van der Waals surface area contributed by atoms with Gasteiger partial charge in [0.2, 0.25) is 0 Å². The lowest BCUT2D eigenvalue weighted by Gasteiger charge is -2.36. The number of rotatable bonds is 0. The zero-order valence-electron chi connectivity index (χ0n) is 8.23. The summed E-state index contributed by atoms with van der Waals surface area (Å²) in [7, 11) is 0. The lowest BCUT2D eigenvalue weighted by molar-refractivity contribution is 0.536. The van der Waals surface area contributed by atoms with E-state index in [4.69, 9.17) is 0 Å². The van der Waals surface area contributed by atoms with Crippen LogP contribution in [0.2, 0.25) is 0 Å². The number of hydrogen-bond donors (Lipinski definition) is 0. The highest BCUT2D eigenvalue weighted by Crippen LogP contribution is 2.72. The first-order valence-electron chi connectivity index (χ1n) is 3.80. The van der Waals surface area contributed by atoms with Gasteiger partial charge in [0, 0.05) is 10.3 Å². The number of halogens is 1. The van der Waals surface area contributed by atoms with Gasteiger partial charge in [-0.1, -0.05) is 41.5 Å². The molecule has 0 bridgehead atoms. The smallest absolute Gasteiger partial charge is 0.153 e. The normalized spacial score (nSPS) is 15.2. The standard InChI is InChI=1S/C8H18IOP/c1-7(2,3)11(9,10)8(4,5)6/h1-6H3. The zero-order valence-corrected chi connectivity index (χ0v) is 11.3. The zero-order chi connectivity index (χ0) is 9.50. The van der Waals surface area contributed by atoms with Crippen LogP contribution in [0.3, 0.4) is 0 Å². The molecule has 11 heavy (non-hydrogen) atoms. The molecule has 0 heterocycles. The quantitative estimate of drug-likeness (QED) is 0.480. The van der Waals surface area contributed by atoms with Gasteiger partial charge < -0.3 is 4.57 Å². The minimum absolute atomic E-state index is 0.0776. The van der Waals surface area contributed by atoms with Crippen LogP contribution in [-0.4, -0.2) is 10.3 Å². The monoisotopic (exact) mass is 288 g/mol. The molecule has 0 unspecified atom stereocenters. The van der Waals surface area contributed by atoms with Gasteiger partial charge in [-0.15, -0.1) is 0 Å². The van der Waals surface area contributed by atoms with Crippen molar-refractivity contribution in [2.45, 2.75) is 51.9 Å². The second kappa shape index (κ2) is 3.02. The fourth-order valence-corrected chi connectivity index (χ4v) is 3.02. The predicted octanol–water partition coefficient (Wildman–Crippen LogP) is 4.30. The Kier molecular flexibility index (Phi) is 3.29. The van der Waals surface area contributed by atoms with Crippen LogP contribution in [0.15, 0.2) is 0 Å². The van der Waals surface area contributed by atoms with E-state index in [1.807, 2.05) is 41.5 Å². The van der Waals surface area contributed by atoms with Crippen molar-refractivity contribution in [2.24, 2.45) is 0 Å². The van der Waals surface area contributed by atoms with E-state index in [0.29, 0.717) is 0 Å². The van der Waals surface area contributed by atoms with E-state index >= 15 is 0 Å². The summed E-state index contributed by atoms with van der Waals surface area (Å²) in [5, 5.41) is -0.155. The molecule has 0 N–H and O–H groups in total. The minimum Gasteiger partial charge on any atom is -0.312 e. The Labute approximate surface area is 83.2 Å². The van der Waals surface area contributed by atoms with Gasteiger partial charge >= 0.3 is 0 Å². The Hall–Kier alpha value is 0.960. The van der Waals surface area contributed by atoms with Crippen molar-refractivity contribution >= 4 is 26.8 Å². The average molecular weight is 288 g/mol. The second-order valence-electron chi connectivity index (χ2n) is 4.87. The Bertz CT molecular complexity index is 167. The van der Waals surface area contributed by atoms with Gasteiger partial charge in [0.1, 0.15) is 0 Å². The molecule has 1 nitrogen and oxygen atoms in total. The van der Waals surface area contributed by atoms with Crippen LogP contribution in [0, 0.1) is 0 Å². The van der Waals surface area contributed by atoms with E-state index in [-0.39, 0.29) is 10.3 Å². The molecule has 0 fully saturated rings. The van der Waals surface area contributed by atoms with E-state index in [9.17, 15) is 4.57 Å². The van der Waals surface area contributed by atoms with Crippen LogP contribution in [-0.2, 0) is 4.57 Å². The first-order valence-corrected chi connectivity index (χ1v) is 8.29. The highest BCUT2D eigenvalue weighted by atomic mass is 127. The summed E-state index contributed by atoms with van der Waals surface area (Å²) < 4.78 is 12.2. The fourth-order valence-electron chi connectivity index (χ4n) is 1.01. The first-order chi connectivity index (χ1) is 4.50. The summed E-state index contributed by atoms with van der Waals surface area (Å²) in [5.41, 5.74) is 0. The van der Waals surface area contributed by atoms with Crippen LogP contribution in [0.25, 0.3) is 0 Å². The molecule has 0 saturated heterocycles. The molecule has 0 radical (unpaired) electrons. The predicted molar refractivity (Wildman–Crippen MR) is 61.1 cm³/mol. The Morgan fingerprint density at radius 2 is 1.09 bits per heavy atom. The maximum atomic E-state index is 12.2. The lowest BCUT2D eigenvalue weighted by atomic mass is 10.2. The molecule has 0 aromatic rings. The molecule has 0 atom stereocenters. The molecule has 0 aliphatic rings. The van der Waals surface area contributed by atoms with E-state index in [1.165, 1.54) is 0 Å². The van der Waals surface area contributed by atoms with Crippen molar-refractivity contribution in [3.8, 4) is 0 Å². The second-order valence-corrected chi connectivity index (χ2v) is 12.7. The topological polar surface area (TPSA) is 17.1 Å². The largest absolute Gasteiger partial charge is 0.312 e. The third-order valence-electron chi connectivity index (χ3n) is 1.73. The van der Waals surface area contributed by atoms with Gasteiger partial charge in [-0.2, -0.15) is 0 Å². The molecule has 0 saturated carbocycles. The molecule has 0 aromatic carbocycles. The summed E-state index contributed by atoms with van der Waals surface area (Å²) in [4.78, 5) is -2.09. The molecule has 0 aromatic heterocycles. The third-order valence-corrected chi connectivity index (χ3v) is 13.9.